The van der Waals surface area contributed by atoms with Crippen LogP contribution in [0.25, 0.3) is 0 Å². The summed E-state index contributed by atoms with van der Waals surface area (Å²) >= 11 is 3.44. The SMILES string of the molecule is COc1cccc(C(Cc2ccc(Br)cc2)NN)c1OC. The van der Waals surface area contributed by atoms with E-state index in [1.54, 1.807) is 14.2 Å². The lowest BCUT2D eigenvalue weighted by Crippen LogP contribution is -2.30. The van der Waals surface area contributed by atoms with Gasteiger partial charge in [-0.25, -0.2) is 0 Å². The molecule has 0 aromatic heterocycles. The summed E-state index contributed by atoms with van der Waals surface area (Å²) in [4.78, 5) is 0. The van der Waals surface area contributed by atoms with Gasteiger partial charge in [0.2, 0.25) is 0 Å². The summed E-state index contributed by atoms with van der Waals surface area (Å²) < 4.78 is 11.9. The molecule has 112 valence electrons. The fraction of sp³-hybridized carbons (Fsp3) is 0.250. The van der Waals surface area contributed by atoms with E-state index in [2.05, 4.69) is 33.5 Å². The number of ether oxygens (including phenoxy) is 2. The standard InChI is InChI=1S/C16H19BrN2O2/c1-20-15-5-3-4-13(16(15)21-2)14(19-18)10-11-6-8-12(17)9-7-11/h3-9,14,19H,10,18H2,1-2H3. The van der Waals surface area contributed by atoms with Crippen LogP contribution in [-0.4, -0.2) is 14.2 Å². The van der Waals surface area contributed by atoms with Gasteiger partial charge in [-0.1, -0.05) is 40.2 Å². The van der Waals surface area contributed by atoms with Crippen molar-refractivity contribution in [1.29, 1.82) is 0 Å². The molecule has 0 fully saturated rings. The molecule has 5 heteroatoms. The van der Waals surface area contributed by atoms with E-state index in [9.17, 15) is 0 Å². The first-order chi connectivity index (χ1) is 10.2. The van der Waals surface area contributed by atoms with Gasteiger partial charge in [0.15, 0.2) is 11.5 Å². The maximum Gasteiger partial charge on any atom is 0.165 e. The number of hydrogen-bond acceptors (Lipinski definition) is 4. The maximum absolute atomic E-state index is 5.74. The zero-order valence-electron chi connectivity index (χ0n) is 12.1. The minimum absolute atomic E-state index is 0.0591. The molecule has 0 aliphatic heterocycles. The second kappa shape index (κ2) is 7.45. The zero-order valence-corrected chi connectivity index (χ0v) is 13.7. The molecule has 0 saturated heterocycles. The van der Waals surface area contributed by atoms with Gasteiger partial charge in [0.25, 0.3) is 0 Å². The van der Waals surface area contributed by atoms with Gasteiger partial charge in [-0.2, -0.15) is 0 Å². The fourth-order valence-electron chi connectivity index (χ4n) is 2.30. The number of benzene rings is 2. The lowest BCUT2D eigenvalue weighted by atomic mass is 9.98. The van der Waals surface area contributed by atoms with E-state index in [1.807, 2.05) is 30.3 Å². The number of rotatable bonds is 6. The monoisotopic (exact) mass is 350 g/mol. The largest absolute Gasteiger partial charge is 0.493 e. The highest BCUT2D eigenvalue weighted by Crippen LogP contribution is 2.35. The molecule has 2 rings (SSSR count). The Hall–Kier alpha value is -1.56. The average Bonchev–Trinajstić information content (AvgIpc) is 2.53. The molecule has 1 unspecified atom stereocenters. The van der Waals surface area contributed by atoms with Gasteiger partial charge in [0, 0.05) is 10.0 Å². The van der Waals surface area contributed by atoms with Crippen molar-refractivity contribution < 1.29 is 9.47 Å². The number of halogens is 1. The van der Waals surface area contributed by atoms with Crippen LogP contribution in [-0.2, 0) is 6.42 Å². The summed E-state index contributed by atoms with van der Waals surface area (Å²) in [5, 5.41) is 0. The molecular formula is C16H19BrN2O2. The van der Waals surface area contributed by atoms with E-state index in [-0.39, 0.29) is 6.04 Å². The number of hydrazine groups is 1. The third kappa shape index (κ3) is 3.75. The number of hydrogen-bond donors (Lipinski definition) is 2. The molecule has 4 nitrogen and oxygen atoms in total. The van der Waals surface area contributed by atoms with Crippen LogP contribution in [0.5, 0.6) is 11.5 Å². The van der Waals surface area contributed by atoms with E-state index in [1.165, 1.54) is 5.56 Å². The van der Waals surface area contributed by atoms with Gasteiger partial charge in [-0.3, -0.25) is 11.3 Å². The Bertz CT molecular complexity index is 587. The summed E-state index contributed by atoms with van der Waals surface area (Å²) in [6.45, 7) is 0. The van der Waals surface area contributed by atoms with Crippen molar-refractivity contribution in [2.45, 2.75) is 12.5 Å². The van der Waals surface area contributed by atoms with Gasteiger partial charge in [-0.05, 0) is 30.2 Å². The first kappa shape index (κ1) is 15.8. The number of methoxy groups -OCH3 is 2. The van der Waals surface area contributed by atoms with Gasteiger partial charge < -0.3 is 9.47 Å². The van der Waals surface area contributed by atoms with Crippen molar-refractivity contribution in [1.82, 2.24) is 5.43 Å². The number of nitrogens with two attached hydrogens (primary N) is 1. The van der Waals surface area contributed by atoms with Gasteiger partial charge >= 0.3 is 0 Å². The van der Waals surface area contributed by atoms with Crippen LogP contribution < -0.4 is 20.7 Å². The quantitative estimate of drug-likeness (QED) is 0.620. The highest BCUT2D eigenvalue weighted by Gasteiger charge is 2.18. The van der Waals surface area contributed by atoms with Crippen molar-refractivity contribution in [2.24, 2.45) is 5.84 Å². The highest BCUT2D eigenvalue weighted by molar-refractivity contribution is 9.10. The zero-order chi connectivity index (χ0) is 15.2. The molecule has 1 atom stereocenters. The van der Waals surface area contributed by atoms with Crippen molar-refractivity contribution >= 4 is 15.9 Å². The van der Waals surface area contributed by atoms with Crippen LogP contribution in [0, 0.1) is 0 Å². The fourth-order valence-corrected chi connectivity index (χ4v) is 2.57. The average molecular weight is 351 g/mol. The molecule has 21 heavy (non-hydrogen) atoms. The normalized spacial score (nSPS) is 12.0. The molecule has 0 amide bonds. The van der Waals surface area contributed by atoms with Gasteiger partial charge in [0.05, 0.1) is 20.3 Å². The molecule has 0 spiro atoms. The van der Waals surface area contributed by atoms with E-state index >= 15 is 0 Å². The summed E-state index contributed by atoms with van der Waals surface area (Å²) in [5.41, 5.74) is 5.02. The topological polar surface area (TPSA) is 56.5 Å². The van der Waals surface area contributed by atoms with Crippen molar-refractivity contribution in [3.05, 3.63) is 58.1 Å². The summed E-state index contributed by atoms with van der Waals surface area (Å²) in [7, 11) is 3.26. The third-order valence-electron chi connectivity index (χ3n) is 3.36. The maximum atomic E-state index is 5.74. The molecule has 0 bridgehead atoms. The molecule has 2 aromatic rings. The predicted molar refractivity (Wildman–Crippen MR) is 87.5 cm³/mol. The van der Waals surface area contributed by atoms with Crippen LogP contribution in [0.15, 0.2) is 46.9 Å². The summed E-state index contributed by atoms with van der Waals surface area (Å²) in [6, 6.07) is 13.9. The van der Waals surface area contributed by atoms with Crippen molar-refractivity contribution in [3.63, 3.8) is 0 Å². The molecular weight excluding hydrogens is 332 g/mol. The highest BCUT2D eigenvalue weighted by atomic mass is 79.9. The van der Waals surface area contributed by atoms with Crippen molar-refractivity contribution in [2.75, 3.05) is 14.2 Å². The van der Waals surface area contributed by atoms with E-state index in [4.69, 9.17) is 15.3 Å². The molecule has 2 aromatic carbocycles. The lowest BCUT2D eigenvalue weighted by Gasteiger charge is -2.20. The van der Waals surface area contributed by atoms with Crippen LogP contribution in [0.1, 0.15) is 17.2 Å². The smallest absolute Gasteiger partial charge is 0.165 e. The Morgan fingerprint density at radius 1 is 1.10 bits per heavy atom. The van der Waals surface area contributed by atoms with E-state index in [0.29, 0.717) is 11.5 Å². The Morgan fingerprint density at radius 2 is 1.81 bits per heavy atom. The van der Waals surface area contributed by atoms with E-state index < -0.39 is 0 Å². The minimum atomic E-state index is -0.0591. The van der Waals surface area contributed by atoms with Crippen molar-refractivity contribution in [3.8, 4) is 11.5 Å². The first-order valence-corrected chi connectivity index (χ1v) is 7.40. The summed E-state index contributed by atoms with van der Waals surface area (Å²) in [5.74, 6) is 7.15. The molecule has 0 aliphatic rings. The lowest BCUT2D eigenvalue weighted by molar-refractivity contribution is 0.346. The van der Waals surface area contributed by atoms with Crippen LogP contribution in [0.4, 0.5) is 0 Å². The minimum Gasteiger partial charge on any atom is -0.493 e. The van der Waals surface area contributed by atoms with Gasteiger partial charge in [-0.15, -0.1) is 0 Å². The first-order valence-electron chi connectivity index (χ1n) is 6.61. The Labute approximate surface area is 133 Å². The number of nitrogens with one attached hydrogen (secondary N) is 1. The Balaban J connectivity index is 2.31. The molecule has 0 heterocycles. The molecule has 0 saturated carbocycles. The second-order valence-electron chi connectivity index (χ2n) is 4.63. The third-order valence-corrected chi connectivity index (χ3v) is 3.89. The predicted octanol–water partition coefficient (Wildman–Crippen LogP) is 3.21. The second-order valence-corrected chi connectivity index (χ2v) is 5.55. The van der Waals surface area contributed by atoms with Crippen LogP contribution >= 0.6 is 15.9 Å². The molecule has 3 N–H and O–H groups in total. The Kier molecular flexibility index (Phi) is 5.61. The summed E-state index contributed by atoms with van der Waals surface area (Å²) in [6.07, 6.45) is 0.757. The Morgan fingerprint density at radius 3 is 2.38 bits per heavy atom. The number of para-hydroxylation sites is 1. The van der Waals surface area contributed by atoms with Crippen LogP contribution in [0.3, 0.4) is 0 Å². The van der Waals surface area contributed by atoms with Crippen LogP contribution in [0.2, 0.25) is 0 Å². The molecule has 0 radical (unpaired) electrons. The molecule has 0 aliphatic carbocycles. The van der Waals surface area contributed by atoms with Gasteiger partial charge in [0.1, 0.15) is 0 Å². The van der Waals surface area contributed by atoms with E-state index in [0.717, 1.165) is 16.5 Å².